The van der Waals surface area contributed by atoms with Crippen LogP contribution in [0.15, 0.2) is 40.1 Å². The normalized spacial score (nSPS) is 16.9. The van der Waals surface area contributed by atoms with Crippen LogP contribution in [0.5, 0.6) is 0 Å². The fraction of sp³-hybridized carbons (Fsp3) is 0.400. The molecule has 29 heavy (non-hydrogen) atoms. The summed E-state index contributed by atoms with van der Waals surface area (Å²) >= 11 is 6.09. The van der Waals surface area contributed by atoms with Crippen LogP contribution >= 0.6 is 11.6 Å². The first-order valence-corrected chi connectivity index (χ1v) is 12.5. The van der Waals surface area contributed by atoms with Crippen molar-refractivity contribution in [3.8, 4) is 0 Å². The standard InChI is InChI=1S/C20H25ClN2O4S2/c1-14-5-6-15(2)19(11-14)28(24,25)22-7-9-23(10-8-22)29(26,27)20-13-16(3)18(21)12-17(20)4/h5-6,11-13H,7-10H2,1-4H3. The molecule has 6 nitrogen and oxygen atoms in total. The van der Waals surface area contributed by atoms with Crippen LogP contribution in [0.4, 0.5) is 0 Å². The molecule has 2 aromatic rings. The summed E-state index contributed by atoms with van der Waals surface area (Å²) in [5.41, 5.74) is 2.81. The van der Waals surface area contributed by atoms with Crippen molar-refractivity contribution < 1.29 is 16.8 Å². The maximum absolute atomic E-state index is 13.1. The second-order valence-corrected chi connectivity index (χ2v) is 11.7. The summed E-state index contributed by atoms with van der Waals surface area (Å²) in [5, 5.41) is 0.519. The van der Waals surface area contributed by atoms with E-state index in [1.54, 1.807) is 45.0 Å². The molecule has 9 heteroatoms. The molecule has 0 amide bonds. The average Bonchev–Trinajstić information content (AvgIpc) is 2.66. The molecular formula is C20H25ClN2O4S2. The van der Waals surface area contributed by atoms with Crippen LogP contribution in [0.2, 0.25) is 5.02 Å². The predicted molar refractivity (Wildman–Crippen MR) is 114 cm³/mol. The van der Waals surface area contributed by atoms with Gasteiger partial charge >= 0.3 is 0 Å². The van der Waals surface area contributed by atoms with Crippen LogP contribution in [-0.4, -0.2) is 51.6 Å². The quantitative estimate of drug-likeness (QED) is 0.707. The molecule has 0 saturated carbocycles. The lowest BCUT2D eigenvalue weighted by Crippen LogP contribution is -2.50. The highest BCUT2D eigenvalue weighted by Crippen LogP contribution is 2.28. The minimum atomic E-state index is -3.73. The number of hydrogen-bond acceptors (Lipinski definition) is 4. The molecule has 0 radical (unpaired) electrons. The van der Waals surface area contributed by atoms with Gasteiger partial charge in [0.15, 0.2) is 0 Å². The van der Waals surface area contributed by atoms with Gasteiger partial charge in [0, 0.05) is 31.2 Å². The summed E-state index contributed by atoms with van der Waals surface area (Å²) in [4.78, 5) is 0.489. The number of hydrogen-bond donors (Lipinski definition) is 0. The largest absolute Gasteiger partial charge is 0.243 e. The van der Waals surface area contributed by atoms with Crippen LogP contribution in [0.25, 0.3) is 0 Å². The van der Waals surface area contributed by atoms with Crippen LogP contribution in [0, 0.1) is 27.7 Å². The van der Waals surface area contributed by atoms with E-state index in [0.29, 0.717) is 21.7 Å². The highest BCUT2D eigenvalue weighted by atomic mass is 35.5. The monoisotopic (exact) mass is 456 g/mol. The van der Waals surface area contributed by atoms with E-state index in [1.165, 1.54) is 8.61 Å². The van der Waals surface area contributed by atoms with Gasteiger partial charge in [0.2, 0.25) is 20.0 Å². The Hall–Kier alpha value is -1.45. The van der Waals surface area contributed by atoms with Gasteiger partial charge in [-0.1, -0.05) is 23.7 Å². The lowest BCUT2D eigenvalue weighted by atomic mass is 10.2. The number of piperazine rings is 1. The van der Waals surface area contributed by atoms with E-state index < -0.39 is 20.0 Å². The van der Waals surface area contributed by atoms with Gasteiger partial charge in [-0.15, -0.1) is 0 Å². The lowest BCUT2D eigenvalue weighted by molar-refractivity contribution is 0.272. The fourth-order valence-electron chi connectivity index (χ4n) is 3.45. The van der Waals surface area contributed by atoms with Crippen molar-refractivity contribution in [3.63, 3.8) is 0 Å². The van der Waals surface area contributed by atoms with E-state index in [0.717, 1.165) is 5.56 Å². The summed E-state index contributed by atoms with van der Waals surface area (Å²) in [7, 11) is -7.40. The molecule has 1 fully saturated rings. The Morgan fingerprint density at radius 1 is 0.690 bits per heavy atom. The van der Waals surface area contributed by atoms with Crippen LogP contribution in [0.1, 0.15) is 22.3 Å². The Morgan fingerprint density at radius 2 is 1.17 bits per heavy atom. The number of rotatable bonds is 4. The van der Waals surface area contributed by atoms with Gasteiger partial charge in [-0.2, -0.15) is 8.61 Å². The SMILES string of the molecule is Cc1ccc(C)c(S(=O)(=O)N2CCN(S(=O)(=O)c3cc(C)c(Cl)cc3C)CC2)c1. The molecule has 0 aromatic heterocycles. The van der Waals surface area contributed by atoms with Gasteiger partial charge in [-0.25, -0.2) is 16.8 Å². The maximum atomic E-state index is 13.1. The van der Waals surface area contributed by atoms with Gasteiger partial charge in [-0.05, 0) is 68.1 Å². The van der Waals surface area contributed by atoms with Crippen molar-refractivity contribution in [2.75, 3.05) is 26.2 Å². The van der Waals surface area contributed by atoms with Crippen molar-refractivity contribution in [1.82, 2.24) is 8.61 Å². The van der Waals surface area contributed by atoms with Gasteiger partial charge in [0.25, 0.3) is 0 Å². The van der Waals surface area contributed by atoms with Crippen molar-refractivity contribution >= 4 is 31.6 Å². The summed E-state index contributed by atoms with van der Waals surface area (Å²) < 4.78 is 55.1. The van der Waals surface area contributed by atoms with E-state index in [2.05, 4.69) is 0 Å². The third kappa shape index (κ3) is 4.22. The maximum Gasteiger partial charge on any atom is 0.243 e. The topological polar surface area (TPSA) is 74.8 Å². The lowest BCUT2D eigenvalue weighted by Gasteiger charge is -2.34. The third-order valence-electron chi connectivity index (χ3n) is 5.23. The molecular weight excluding hydrogens is 432 g/mol. The number of nitrogens with zero attached hydrogens (tertiary/aromatic N) is 2. The van der Waals surface area contributed by atoms with E-state index >= 15 is 0 Å². The summed E-state index contributed by atoms with van der Waals surface area (Å²) in [6.07, 6.45) is 0. The van der Waals surface area contributed by atoms with E-state index in [9.17, 15) is 16.8 Å². The fourth-order valence-corrected chi connectivity index (χ4v) is 7.11. The predicted octanol–water partition coefficient (Wildman–Crippen LogP) is 3.27. The third-order valence-corrected chi connectivity index (χ3v) is 9.72. The second kappa shape index (κ2) is 8.00. The van der Waals surface area contributed by atoms with E-state index in [4.69, 9.17) is 11.6 Å². The number of aryl methyl sites for hydroxylation is 4. The van der Waals surface area contributed by atoms with Gasteiger partial charge in [0.05, 0.1) is 9.79 Å². The van der Waals surface area contributed by atoms with E-state index in [1.807, 2.05) is 13.0 Å². The van der Waals surface area contributed by atoms with Gasteiger partial charge in [-0.3, -0.25) is 0 Å². The number of benzene rings is 2. The molecule has 1 aliphatic heterocycles. The smallest absolute Gasteiger partial charge is 0.207 e. The Kier molecular flexibility index (Phi) is 6.13. The summed E-state index contributed by atoms with van der Waals surface area (Å²) in [5.74, 6) is 0. The van der Waals surface area contributed by atoms with Gasteiger partial charge in [0.1, 0.15) is 0 Å². The van der Waals surface area contributed by atoms with Crippen molar-refractivity contribution in [1.29, 1.82) is 0 Å². The second-order valence-electron chi connectivity index (χ2n) is 7.44. The Balaban J connectivity index is 1.83. The molecule has 2 aromatic carbocycles. The molecule has 3 rings (SSSR count). The van der Waals surface area contributed by atoms with Crippen LogP contribution in [-0.2, 0) is 20.0 Å². The minimum Gasteiger partial charge on any atom is -0.207 e. The zero-order chi connectivity index (χ0) is 21.6. The zero-order valence-corrected chi connectivity index (χ0v) is 19.3. The number of halogens is 1. The molecule has 0 bridgehead atoms. The van der Waals surface area contributed by atoms with Crippen molar-refractivity contribution in [2.45, 2.75) is 37.5 Å². The van der Waals surface area contributed by atoms with Crippen molar-refractivity contribution in [3.05, 3.63) is 57.6 Å². The molecule has 0 spiro atoms. The van der Waals surface area contributed by atoms with Crippen LogP contribution < -0.4 is 0 Å². The zero-order valence-electron chi connectivity index (χ0n) is 16.9. The first kappa shape index (κ1) is 22.2. The molecule has 1 heterocycles. The summed E-state index contributed by atoms with van der Waals surface area (Å²) in [6.45, 7) is 7.51. The average molecular weight is 457 g/mol. The Labute approximate surface area is 178 Å². The highest BCUT2D eigenvalue weighted by Gasteiger charge is 2.35. The van der Waals surface area contributed by atoms with E-state index in [-0.39, 0.29) is 36.0 Å². The highest BCUT2D eigenvalue weighted by molar-refractivity contribution is 7.89. The molecule has 1 aliphatic rings. The molecule has 0 N–H and O–H groups in total. The Morgan fingerprint density at radius 3 is 1.69 bits per heavy atom. The minimum absolute atomic E-state index is 0.105. The first-order chi connectivity index (χ1) is 13.4. The van der Waals surface area contributed by atoms with Gasteiger partial charge < -0.3 is 0 Å². The molecule has 0 aliphatic carbocycles. The molecule has 0 atom stereocenters. The Bertz CT molecular complexity index is 1150. The number of sulfonamides is 2. The first-order valence-electron chi connectivity index (χ1n) is 9.29. The van der Waals surface area contributed by atoms with Crippen LogP contribution in [0.3, 0.4) is 0 Å². The molecule has 158 valence electrons. The summed E-state index contributed by atoms with van der Waals surface area (Å²) in [6, 6.07) is 8.54. The molecule has 1 saturated heterocycles. The molecule has 0 unspecified atom stereocenters. The van der Waals surface area contributed by atoms with Crippen molar-refractivity contribution in [2.24, 2.45) is 0 Å².